The molecule has 0 fully saturated rings. The van der Waals surface area contributed by atoms with Crippen LogP contribution in [0.5, 0.6) is 0 Å². The number of carbonyl (C=O) groups is 1. The van der Waals surface area contributed by atoms with Crippen molar-refractivity contribution in [3.8, 4) is 0 Å². The maximum atomic E-state index is 14.0. The molecule has 6 nitrogen and oxygen atoms in total. The molecule has 33 heavy (non-hydrogen) atoms. The van der Waals surface area contributed by atoms with Gasteiger partial charge in [0.25, 0.3) is 0 Å². The molecule has 1 unspecified atom stereocenters. The maximum Gasteiger partial charge on any atom is 0.338 e. The maximum absolute atomic E-state index is 14.0. The Kier molecular flexibility index (Phi) is 6.30. The van der Waals surface area contributed by atoms with E-state index in [-0.39, 0.29) is 11.2 Å². The van der Waals surface area contributed by atoms with Gasteiger partial charge in [-0.1, -0.05) is 75.0 Å². The van der Waals surface area contributed by atoms with E-state index in [2.05, 4.69) is 48.3 Å². The molecule has 3 aromatic rings. The van der Waals surface area contributed by atoms with Gasteiger partial charge in [0.05, 0.1) is 12.7 Å². The first kappa shape index (κ1) is 23.0. The molecule has 4 rings (SSSR count). The Bertz CT molecular complexity index is 1210. The van der Waals surface area contributed by atoms with Gasteiger partial charge >= 0.3 is 5.97 Å². The van der Waals surface area contributed by atoms with Gasteiger partial charge in [0.2, 0.25) is 11.1 Å². The zero-order valence-corrected chi connectivity index (χ0v) is 20.2. The Hall–Kier alpha value is -3.13. The lowest BCUT2D eigenvalue weighted by atomic mass is 9.85. The fourth-order valence-electron chi connectivity index (χ4n) is 3.80. The van der Waals surface area contributed by atoms with Crippen molar-refractivity contribution in [2.45, 2.75) is 50.1 Å². The predicted molar refractivity (Wildman–Crippen MR) is 128 cm³/mol. The predicted octanol–water partition coefficient (Wildman–Crippen LogP) is 5.47. The molecule has 0 aliphatic carbocycles. The third-order valence-electron chi connectivity index (χ3n) is 5.65. The number of aromatic nitrogens is 3. The number of benzene rings is 2. The van der Waals surface area contributed by atoms with E-state index in [1.54, 1.807) is 22.9 Å². The average molecular weight is 467 g/mol. The van der Waals surface area contributed by atoms with Gasteiger partial charge in [-0.05, 0) is 35.1 Å². The molecular weight excluding hydrogens is 439 g/mol. The highest BCUT2D eigenvalue weighted by Crippen LogP contribution is 2.37. The number of thioether (sulfide) groups is 1. The van der Waals surface area contributed by atoms with Gasteiger partial charge in [-0.2, -0.15) is 4.98 Å². The normalized spacial score (nSPS) is 15.8. The van der Waals surface area contributed by atoms with Crippen LogP contribution in [-0.2, 0) is 20.7 Å². The lowest BCUT2D eigenvalue weighted by Gasteiger charge is -2.28. The molecule has 8 heteroatoms. The van der Waals surface area contributed by atoms with Crippen LogP contribution in [0.4, 0.5) is 10.3 Å². The molecular formula is C25H27FN4O2S. The molecule has 1 atom stereocenters. The number of carbonyl (C=O) groups excluding carboxylic acids is 1. The van der Waals surface area contributed by atoms with Crippen molar-refractivity contribution in [3.05, 3.63) is 82.3 Å². The van der Waals surface area contributed by atoms with E-state index in [0.29, 0.717) is 33.7 Å². The summed E-state index contributed by atoms with van der Waals surface area (Å²) in [6.45, 7) is 8.30. The number of fused-ring (bicyclic) bond motifs is 1. The molecule has 2 aromatic carbocycles. The van der Waals surface area contributed by atoms with Crippen LogP contribution in [0.25, 0.3) is 0 Å². The molecule has 1 aromatic heterocycles. The van der Waals surface area contributed by atoms with Gasteiger partial charge in [0, 0.05) is 11.4 Å². The molecule has 2 heterocycles. The summed E-state index contributed by atoms with van der Waals surface area (Å²) in [5.74, 6) is 0.249. The number of rotatable bonds is 5. The number of halogens is 1. The van der Waals surface area contributed by atoms with Gasteiger partial charge < -0.3 is 10.1 Å². The smallest absolute Gasteiger partial charge is 0.338 e. The molecule has 172 valence electrons. The van der Waals surface area contributed by atoms with Crippen LogP contribution in [0.15, 0.2) is 65.0 Å². The second-order valence-corrected chi connectivity index (χ2v) is 9.91. The van der Waals surface area contributed by atoms with Gasteiger partial charge in [-0.3, -0.25) is 0 Å². The zero-order valence-electron chi connectivity index (χ0n) is 19.3. The van der Waals surface area contributed by atoms with Crippen molar-refractivity contribution in [2.24, 2.45) is 0 Å². The van der Waals surface area contributed by atoms with E-state index < -0.39 is 12.0 Å². The number of esters is 1. The first-order valence-electron chi connectivity index (χ1n) is 10.7. The standard InChI is InChI=1S/C25H27FN4O2S/c1-15-20(22(31)32-5)21(16-10-12-18(13-11-16)25(2,3)4)30-23(27-15)28-24(29-30)33-14-17-8-6-7-9-19(17)26/h6-13,21H,14H2,1-5H3,(H,27,28,29). The van der Waals surface area contributed by atoms with Crippen molar-refractivity contribution in [1.29, 1.82) is 0 Å². The summed E-state index contributed by atoms with van der Waals surface area (Å²) in [6, 6.07) is 14.4. The first-order valence-corrected chi connectivity index (χ1v) is 11.7. The van der Waals surface area contributed by atoms with Crippen molar-refractivity contribution in [1.82, 2.24) is 14.8 Å². The number of nitrogens with one attached hydrogen (secondary N) is 1. The lowest BCUT2D eigenvalue weighted by Crippen LogP contribution is -2.29. The highest BCUT2D eigenvalue weighted by Gasteiger charge is 2.35. The highest BCUT2D eigenvalue weighted by atomic mass is 32.2. The summed E-state index contributed by atoms with van der Waals surface area (Å²) >= 11 is 1.34. The SMILES string of the molecule is COC(=O)C1=C(C)Nc2nc(SCc3ccccc3F)nn2C1c1ccc(C(C)(C)C)cc1. The minimum atomic E-state index is -0.488. The van der Waals surface area contributed by atoms with Crippen LogP contribution in [0.1, 0.15) is 50.4 Å². The Balaban J connectivity index is 1.71. The summed E-state index contributed by atoms with van der Waals surface area (Å²) in [4.78, 5) is 17.3. The number of hydrogen-bond donors (Lipinski definition) is 1. The molecule has 0 amide bonds. The van der Waals surface area contributed by atoms with E-state index >= 15 is 0 Å². The van der Waals surface area contributed by atoms with Crippen LogP contribution in [0.2, 0.25) is 0 Å². The third kappa shape index (κ3) is 4.66. The minimum absolute atomic E-state index is 0.0124. The van der Waals surface area contributed by atoms with Gasteiger partial charge in [0.15, 0.2) is 0 Å². The molecule has 0 radical (unpaired) electrons. The van der Waals surface area contributed by atoms with E-state index in [1.807, 2.05) is 19.1 Å². The Morgan fingerprint density at radius 3 is 2.52 bits per heavy atom. The molecule has 0 bridgehead atoms. The lowest BCUT2D eigenvalue weighted by molar-refractivity contribution is -0.136. The third-order valence-corrected chi connectivity index (χ3v) is 6.53. The molecule has 1 aliphatic heterocycles. The van der Waals surface area contributed by atoms with Crippen molar-refractivity contribution >= 4 is 23.7 Å². The Morgan fingerprint density at radius 1 is 1.18 bits per heavy atom. The second kappa shape index (κ2) is 9.02. The number of methoxy groups -OCH3 is 1. The summed E-state index contributed by atoms with van der Waals surface area (Å²) in [6.07, 6.45) is 0. The Labute approximate surface area is 197 Å². The van der Waals surface area contributed by atoms with Crippen LogP contribution >= 0.6 is 11.8 Å². The number of allylic oxidation sites excluding steroid dienone is 1. The van der Waals surface area contributed by atoms with Crippen molar-refractivity contribution in [3.63, 3.8) is 0 Å². The van der Waals surface area contributed by atoms with E-state index in [4.69, 9.17) is 4.74 Å². The number of nitrogens with zero attached hydrogens (tertiary/aromatic N) is 3. The van der Waals surface area contributed by atoms with Gasteiger partial charge in [-0.25, -0.2) is 13.9 Å². The fraction of sp³-hybridized carbons (Fsp3) is 0.320. The number of hydrogen-bond acceptors (Lipinski definition) is 6. The summed E-state index contributed by atoms with van der Waals surface area (Å²) in [5, 5.41) is 8.34. The van der Waals surface area contributed by atoms with Crippen LogP contribution in [0.3, 0.4) is 0 Å². The summed E-state index contributed by atoms with van der Waals surface area (Å²) in [5.41, 5.74) is 3.84. The summed E-state index contributed by atoms with van der Waals surface area (Å²) < 4.78 is 20.8. The van der Waals surface area contributed by atoms with E-state index in [9.17, 15) is 9.18 Å². The van der Waals surface area contributed by atoms with Crippen LogP contribution in [-0.4, -0.2) is 27.8 Å². The molecule has 0 spiro atoms. The topological polar surface area (TPSA) is 69.0 Å². The van der Waals surface area contributed by atoms with Crippen LogP contribution < -0.4 is 5.32 Å². The number of ether oxygens (including phenoxy) is 1. The average Bonchev–Trinajstić information content (AvgIpc) is 3.19. The van der Waals surface area contributed by atoms with Gasteiger partial charge in [0.1, 0.15) is 11.9 Å². The fourth-order valence-corrected chi connectivity index (χ4v) is 4.61. The molecule has 1 N–H and O–H groups in total. The van der Waals surface area contributed by atoms with Crippen molar-refractivity contribution in [2.75, 3.05) is 12.4 Å². The molecule has 1 aliphatic rings. The second-order valence-electron chi connectivity index (χ2n) is 8.97. The van der Waals surface area contributed by atoms with Crippen LogP contribution in [0, 0.1) is 5.82 Å². The minimum Gasteiger partial charge on any atom is -0.466 e. The largest absolute Gasteiger partial charge is 0.466 e. The van der Waals surface area contributed by atoms with E-state index in [1.165, 1.54) is 30.5 Å². The van der Waals surface area contributed by atoms with Gasteiger partial charge in [-0.15, -0.1) is 5.10 Å². The first-order chi connectivity index (χ1) is 15.7. The Morgan fingerprint density at radius 2 is 1.88 bits per heavy atom. The quantitative estimate of drug-likeness (QED) is 0.397. The molecule has 0 saturated heterocycles. The number of anilines is 1. The molecule has 0 saturated carbocycles. The summed E-state index contributed by atoms with van der Waals surface area (Å²) in [7, 11) is 1.37. The monoisotopic (exact) mass is 466 g/mol. The van der Waals surface area contributed by atoms with Crippen molar-refractivity contribution < 1.29 is 13.9 Å². The zero-order chi connectivity index (χ0) is 23.8. The highest BCUT2D eigenvalue weighted by molar-refractivity contribution is 7.98. The van der Waals surface area contributed by atoms with E-state index in [0.717, 1.165) is 5.56 Å².